The third-order valence-corrected chi connectivity index (χ3v) is 4.96. The van der Waals surface area contributed by atoms with Crippen molar-refractivity contribution in [3.63, 3.8) is 0 Å². The lowest BCUT2D eigenvalue weighted by atomic mass is 9.94. The van der Waals surface area contributed by atoms with Gasteiger partial charge in [-0.2, -0.15) is 0 Å². The van der Waals surface area contributed by atoms with Crippen LogP contribution in [0.5, 0.6) is 0 Å². The number of ether oxygens (including phenoxy) is 1. The fourth-order valence-electron chi connectivity index (χ4n) is 3.30. The quantitative estimate of drug-likeness (QED) is 0.430. The topological polar surface area (TPSA) is 105 Å². The number of alkyl carbamates (subject to hydrolysis) is 1. The molecule has 34 heavy (non-hydrogen) atoms. The summed E-state index contributed by atoms with van der Waals surface area (Å²) in [5, 5.41) is 14.4. The van der Waals surface area contributed by atoms with Crippen LogP contribution in [0, 0.1) is 11.8 Å². The number of hydrogen-bond donors (Lipinski definition) is 3. The molecule has 8 heteroatoms. The van der Waals surface area contributed by atoms with E-state index < -0.39 is 42.3 Å². The second-order valence-corrected chi connectivity index (χ2v) is 8.35. The number of nitrogens with one attached hydrogen (secondary N) is 2. The van der Waals surface area contributed by atoms with E-state index in [9.17, 15) is 23.9 Å². The number of rotatable bonds is 12. The van der Waals surface area contributed by atoms with Crippen molar-refractivity contribution >= 4 is 18.0 Å². The van der Waals surface area contributed by atoms with Gasteiger partial charge in [-0.1, -0.05) is 74.5 Å². The van der Waals surface area contributed by atoms with Crippen LogP contribution < -0.4 is 10.6 Å². The van der Waals surface area contributed by atoms with Gasteiger partial charge in [0.2, 0.25) is 5.91 Å². The Kier molecular flexibility index (Phi) is 10.8. The average Bonchev–Trinajstić information content (AvgIpc) is 2.81. The normalized spacial score (nSPS) is 13.1. The largest absolute Gasteiger partial charge is 0.480 e. The maximum absolute atomic E-state index is 14.5. The Morgan fingerprint density at radius 2 is 1.59 bits per heavy atom. The molecular formula is C26H31FN2O5. The monoisotopic (exact) mass is 470 g/mol. The number of halogens is 1. The molecular weight excluding hydrogens is 439 g/mol. The van der Waals surface area contributed by atoms with Crippen molar-refractivity contribution in [2.45, 2.75) is 39.3 Å². The van der Waals surface area contributed by atoms with Gasteiger partial charge < -0.3 is 20.5 Å². The molecule has 0 aromatic heterocycles. The smallest absolute Gasteiger partial charge is 0.407 e. The van der Waals surface area contributed by atoms with E-state index in [1.807, 2.05) is 38.1 Å². The van der Waals surface area contributed by atoms with Gasteiger partial charge in [-0.25, -0.2) is 14.0 Å². The summed E-state index contributed by atoms with van der Waals surface area (Å²) in [6.07, 6.45) is 0.757. The summed E-state index contributed by atoms with van der Waals surface area (Å²) in [5.74, 6) is -3.31. The van der Waals surface area contributed by atoms with Crippen molar-refractivity contribution in [3.05, 3.63) is 83.7 Å². The lowest BCUT2D eigenvalue weighted by molar-refractivity contribution is -0.142. The molecule has 0 saturated heterocycles. The van der Waals surface area contributed by atoms with Crippen LogP contribution in [0.25, 0.3) is 0 Å². The fourth-order valence-corrected chi connectivity index (χ4v) is 3.30. The minimum absolute atomic E-state index is 0.0500. The number of hydrogen-bond acceptors (Lipinski definition) is 4. The number of amides is 2. The van der Waals surface area contributed by atoms with Crippen LogP contribution in [0.3, 0.4) is 0 Å². The van der Waals surface area contributed by atoms with Gasteiger partial charge in [0.25, 0.3) is 0 Å². The van der Waals surface area contributed by atoms with E-state index in [4.69, 9.17) is 4.74 Å². The molecule has 0 aliphatic heterocycles. The molecule has 0 fully saturated rings. The van der Waals surface area contributed by atoms with Crippen LogP contribution in [0.1, 0.15) is 31.4 Å². The maximum Gasteiger partial charge on any atom is 0.407 e. The first kappa shape index (κ1) is 26.6. The molecule has 0 radical (unpaired) electrons. The second kappa shape index (κ2) is 13.8. The summed E-state index contributed by atoms with van der Waals surface area (Å²) in [6.45, 7) is 3.37. The van der Waals surface area contributed by atoms with Crippen molar-refractivity contribution in [1.29, 1.82) is 0 Å². The summed E-state index contributed by atoms with van der Waals surface area (Å²) in [5.41, 5.74) is 1.56. The summed E-state index contributed by atoms with van der Waals surface area (Å²) < 4.78 is 19.6. The third kappa shape index (κ3) is 9.85. The predicted molar refractivity (Wildman–Crippen MR) is 126 cm³/mol. The molecule has 2 amide bonds. The number of carboxylic acid groups (broad SMARTS) is 1. The molecule has 3 N–H and O–H groups in total. The molecule has 2 atom stereocenters. The number of benzene rings is 2. The van der Waals surface area contributed by atoms with Crippen LogP contribution in [-0.2, 0) is 27.4 Å². The molecule has 0 saturated carbocycles. The number of carboxylic acids is 1. The first-order valence-electron chi connectivity index (χ1n) is 11.1. The van der Waals surface area contributed by atoms with E-state index in [0.29, 0.717) is 6.42 Å². The van der Waals surface area contributed by atoms with Crippen LogP contribution in [0.4, 0.5) is 9.18 Å². The summed E-state index contributed by atoms with van der Waals surface area (Å²) >= 11 is 0. The summed E-state index contributed by atoms with van der Waals surface area (Å²) in [6, 6.07) is 16.8. The van der Waals surface area contributed by atoms with E-state index >= 15 is 0 Å². The lowest BCUT2D eigenvalue weighted by Gasteiger charge is -2.20. The average molecular weight is 471 g/mol. The molecule has 2 rings (SSSR count). The zero-order valence-electron chi connectivity index (χ0n) is 19.4. The van der Waals surface area contributed by atoms with Crippen LogP contribution >= 0.6 is 0 Å². The van der Waals surface area contributed by atoms with Crippen molar-refractivity contribution in [2.24, 2.45) is 11.8 Å². The maximum atomic E-state index is 14.5. The summed E-state index contributed by atoms with van der Waals surface area (Å²) in [7, 11) is 0. The zero-order chi connectivity index (χ0) is 24.9. The van der Waals surface area contributed by atoms with E-state index in [1.165, 1.54) is 0 Å². The van der Waals surface area contributed by atoms with E-state index in [2.05, 4.69) is 10.6 Å². The Hall–Kier alpha value is -3.68. The highest BCUT2D eigenvalue weighted by Gasteiger charge is 2.25. The SMILES string of the molecule is CC(C)C[C@H](/C=C(\F)CNC(=O)OCc1ccccc1)C(=O)NC(Cc1ccccc1)C(=O)O. The Labute approximate surface area is 199 Å². The number of carbonyl (C=O) groups is 3. The minimum Gasteiger partial charge on any atom is -0.480 e. The Morgan fingerprint density at radius 3 is 2.15 bits per heavy atom. The van der Waals surface area contributed by atoms with Crippen molar-refractivity contribution in [2.75, 3.05) is 6.54 Å². The van der Waals surface area contributed by atoms with Gasteiger partial charge in [0.1, 0.15) is 18.5 Å². The first-order valence-corrected chi connectivity index (χ1v) is 11.1. The molecule has 1 unspecified atom stereocenters. The Bertz CT molecular complexity index is 964. The van der Waals surface area contributed by atoms with Crippen LogP contribution in [0.15, 0.2) is 72.6 Å². The zero-order valence-corrected chi connectivity index (χ0v) is 19.4. The molecule has 2 aromatic rings. The molecule has 2 aromatic carbocycles. The highest BCUT2D eigenvalue weighted by atomic mass is 19.1. The van der Waals surface area contributed by atoms with E-state index in [-0.39, 0.29) is 18.9 Å². The molecule has 182 valence electrons. The lowest BCUT2D eigenvalue weighted by Crippen LogP contribution is -2.45. The Morgan fingerprint density at radius 1 is 1.00 bits per heavy atom. The molecule has 0 bridgehead atoms. The molecule has 0 aliphatic rings. The van der Waals surface area contributed by atoms with Gasteiger partial charge in [0.15, 0.2) is 0 Å². The second-order valence-electron chi connectivity index (χ2n) is 8.35. The Balaban J connectivity index is 1.95. The highest BCUT2D eigenvalue weighted by Crippen LogP contribution is 2.17. The summed E-state index contributed by atoms with van der Waals surface area (Å²) in [4.78, 5) is 36.3. The third-order valence-electron chi connectivity index (χ3n) is 4.96. The van der Waals surface area contributed by atoms with Crippen molar-refractivity contribution < 1.29 is 28.6 Å². The molecule has 0 heterocycles. The van der Waals surface area contributed by atoms with Gasteiger partial charge >= 0.3 is 12.1 Å². The first-order chi connectivity index (χ1) is 16.2. The highest BCUT2D eigenvalue weighted by molar-refractivity contribution is 5.86. The predicted octanol–water partition coefficient (Wildman–Crippen LogP) is 4.24. The van der Waals surface area contributed by atoms with Gasteiger partial charge in [0.05, 0.1) is 12.5 Å². The molecule has 0 spiro atoms. The number of aliphatic carboxylic acids is 1. The van der Waals surface area contributed by atoms with Gasteiger partial charge in [0, 0.05) is 6.42 Å². The van der Waals surface area contributed by atoms with Crippen molar-refractivity contribution in [1.82, 2.24) is 10.6 Å². The van der Waals surface area contributed by atoms with E-state index in [0.717, 1.165) is 17.2 Å². The minimum atomic E-state index is -1.17. The van der Waals surface area contributed by atoms with Gasteiger partial charge in [-0.15, -0.1) is 0 Å². The van der Waals surface area contributed by atoms with Crippen LogP contribution in [0.2, 0.25) is 0 Å². The molecule has 0 aliphatic carbocycles. The van der Waals surface area contributed by atoms with E-state index in [1.54, 1.807) is 36.4 Å². The van der Waals surface area contributed by atoms with Crippen LogP contribution in [-0.4, -0.2) is 35.7 Å². The van der Waals surface area contributed by atoms with Crippen molar-refractivity contribution in [3.8, 4) is 0 Å². The molecule has 7 nitrogen and oxygen atoms in total. The number of carbonyl (C=O) groups excluding carboxylic acids is 2. The fraction of sp³-hybridized carbons (Fsp3) is 0.346. The van der Waals surface area contributed by atoms with Gasteiger partial charge in [-0.3, -0.25) is 4.79 Å². The standard InChI is InChI=1S/C26H31FN2O5/c1-18(2)13-21(24(30)29-23(25(31)32)14-19-9-5-3-6-10-19)15-22(27)16-28-26(33)34-17-20-11-7-4-8-12-20/h3-12,15,18,21,23H,13-14,16-17H2,1-2H3,(H,28,33)(H,29,30)(H,31,32)/b22-15-/t21-,23?/m1/s1. The van der Waals surface area contributed by atoms with Gasteiger partial charge in [-0.05, 0) is 29.5 Å².